The molecular weight excluding hydrogens is 268 g/mol. The normalized spacial score (nSPS) is 14.5. The van der Waals surface area contributed by atoms with Gasteiger partial charge >= 0.3 is 0 Å². The van der Waals surface area contributed by atoms with Crippen molar-refractivity contribution in [3.63, 3.8) is 0 Å². The van der Waals surface area contributed by atoms with Crippen LogP contribution in [0.2, 0.25) is 0 Å². The summed E-state index contributed by atoms with van der Waals surface area (Å²) in [6.07, 6.45) is 0.902. The lowest BCUT2D eigenvalue weighted by atomic mass is 10.0. The van der Waals surface area contributed by atoms with Gasteiger partial charge in [-0.2, -0.15) is 0 Å². The van der Waals surface area contributed by atoms with E-state index < -0.39 is 0 Å². The first-order chi connectivity index (χ1) is 8.50. The first-order valence-electron chi connectivity index (χ1n) is 6.00. The third kappa shape index (κ3) is 4.72. The maximum atomic E-state index is 9.39. The Morgan fingerprint density at radius 2 is 2.17 bits per heavy atom. The second-order valence-corrected chi connectivity index (χ2v) is 6.89. The molecule has 0 bridgehead atoms. The quantitative estimate of drug-likeness (QED) is 0.707. The molecule has 0 aliphatic heterocycles. The van der Waals surface area contributed by atoms with Crippen LogP contribution in [0.1, 0.15) is 20.3 Å². The van der Waals surface area contributed by atoms with Gasteiger partial charge in [-0.3, -0.25) is 0 Å². The minimum atomic E-state index is -0.198. The summed E-state index contributed by atoms with van der Waals surface area (Å²) in [5.74, 6) is 0.923. The lowest BCUT2D eigenvalue weighted by Crippen LogP contribution is -2.46. The van der Waals surface area contributed by atoms with Crippen LogP contribution in [0.15, 0.2) is 4.34 Å². The molecule has 0 aromatic carbocycles. The fourth-order valence-corrected chi connectivity index (χ4v) is 3.49. The van der Waals surface area contributed by atoms with Crippen LogP contribution in [0.25, 0.3) is 0 Å². The van der Waals surface area contributed by atoms with Crippen LogP contribution in [0.5, 0.6) is 0 Å². The summed E-state index contributed by atoms with van der Waals surface area (Å²) in [6.45, 7) is 5.11. The Morgan fingerprint density at radius 1 is 1.44 bits per heavy atom. The molecule has 1 rings (SSSR count). The summed E-state index contributed by atoms with van der Waals surface area (Å²) in [5.41, 5.74) is -0.198. The molecule has 0 amide bonds. The smallest absolute Gasteiger partial charge is 0.208 e. The predicted molar refractivity (Wildman–Crippen MR) is 78.7 cm³/mol. The van der Waals surface area contributed by atoms with Gasteiger partial charge in [-0.1, -0.05) is 30.0 Å². The highest BCUT2D eigenvalue weighted by molar-refractivity contribution is 8.01. The van der Waals surface area contributed by atoms with Gasteiger partial charge in [0.05, 0.1) is 6.61 Å². The number of aromatic nitrogens is 2. The lowest BCUT2D eigenvalue weighted by molar-refractivity contribution is 0.173. The van der Waals surface area contributed by atoms with Crippen LogP contribution in [-0.4, -0.2) is 53.8 Å². The summed E-state index contributed by atoms with van der Waals surface area (Å²) in [7, 11) is 3.92. The number of hydrogen-bond donors (Lipinski definition) is 2. The standard InChI is InChI=1S/C11H22N4OS2/c1-5-12-11(2,8-16)6-7-17-10-14-13-9(18-10)15(3)4/h12,16H,5-8H2,1-4H3. The zero-order chi connectivity index (χ0) is 13.6. The van der Waals surface area contributed by atoms with Gasteiger partial charge in [0.1, 0.15) is 0 Å². The van der Waals surface area contributed by atoms with Crippen molar-refractivity contribution in [1.82, 2.24) is 15.5 Å². The number of likely N-dealkylation sites (N-methyl/N-ethyl adjacent to an activating group) is 1. The van der Waals surface area contributed by atoms with E-state index in [-0.39, 0.29) is 12.1 Å². The molecule has 104 valence electrons. The van der Waals surface area contributed by atoms with Gasteiger partial charge in [0.2, 0.25) is 5.13 Å². The first-order valence-corrected chi connectivity index (χ1v) is 7.80. The van der Waals surface area contributed by atoms with Gasteiger partial charge in [0.15, 0.2) is 4.34 Å². The average molecular weight is 290 g/mol. The second-order valence-electron chi connectivity index (χ2n) is 4.59. The first kappa shape index (κ1) is 15.7. The molecule has 0 saturated heterocycles. The van der Waals surface area contributed by atoms with Crippen molar-refractivity contribution in [1.29, 1.82) is 0 Å². The summed E-state index contributed by atoms with van der Waals surface area (Å²) in [4.78, 5) is 1.96. The van der Waals surface area contributed by atoms with Crippen LogP contribution in [-0.2, 0) is 0 Å². The molecule has 2 N–H and O–H groups in total. The Morgan fingerprint density at radius 3 is 2.67 bits per heavy atom. The van der Waals surface area contributed by atoms with Crippen LogP contribution in [0.3, 0.4) is 0 Å². The van der Waals surface area contributed by atoms with E-state index in [0.717, 1.165) is 28.2 Å². The van der Waals surface area contributed by atoms with E-state index in [0.29, 0.717) is 0 Å². The lowest BCUT2D eigenvalue weighted by Gasteiger charge is -2.27. The van der Waals surface area contributed by atoms with Gasteiger partial charge < -0.3 is 15.3 Å². The Labute approximate surface area is 117 Å². The van der Waals surface area contributed by atoms with Gasteiger partial charge in [0, 0.05) is 25.4 Å². The third-order valence-corrected chi connectivity index (χ3v) is 4.84. The van der Waals surface area contributed by atoms with E-state index in [1.165, 1.54) is 0 Å². The summed E-state index contributed by atoms with van der Waals surface area (Å²) < 4.78 is 0.982. The highest BCUT2D eigenvalue weighted by Gasteiger charge is 2.21. The Bertz CT molecular complexity index is 359. The third-order valence-electron chi connectivity index (χ3n) is 2.61. The summed E-state index contributed by atoms with van der Waals surface area (Å²) in [5, 5.41) is 21.9. The van der Waals surface area contributed by atoms with E-state index in [9.17, 15) is 5.11 Å². The summed E-state index contributed by atoms with van der Waals surface area (Å²) in [6, 6.07) is 0. The Balaban J connectivity index is 2.40. The van der Waals surface area contributed by atoms with Crippen molar-refractivity contribution in [3.8, 4) is 0 Å². The highest BCUT2D eigenvalue weighted by atomic mass is 32.2. The van der Waals surface area contributed by atoms with E-state index in [1.54, 1.807) is 23.1 Å². The zero-order valence-electron chi connectivity index (χ0n) is 11.4. The van der Waals surface area contributed by atoms with E-state index in [4.69, 9.17) is 0 Å². The number of anilines is 1. The molecule has 1 aromatic heterocycles. The van der Waals surface area contributed by atoms with E-state index in [2.05, 4.69) is 22.4 Å². The average Bonchev–Trinajstić information content (AvgIpc) is 2.78. The van der Waals surface area contributed by atoms with Crippen LogP contribution in [0, 0.1) is 0 Å². The van der Waals surface area contributed by atoms with Gasteiger partial charge in [-0.05, 0) is 19.9 Å². The minimum absolute atomic E-state index is 0.153. The molecule has 1 unspecified atom stereocenters. The van der Waals surface area contributed by atoms with Crippen molar-refractivity contribution in [3.05, 3.63) is 0 Å². The topological polar surface area (TPSA) is 61.3 Å². The predicted octanol–water partition coefficient (Wildman–Crippen LogP) is 1.45. The number of nitrogens with zero attached hydrogens (tertiary/aromatic N) is 3. The number of aliphatic hydroxyl groups is 1. The molecule has 1 atom stereocenters. The number of hydrogen-bond acceptors (Lipinski definition) is 7. The molecule has 18 heavy (non-hydrogen) atoms. The van der Waals surface area contributed by atoms with Crippen LogP contribution in [0.4, 0.5) is 5.13 Å². The maximum Gasteiger partial charge on any atom is 0.208 e. The highest BCUT2D eigenvalue weighted by Crippen LogP contribution is 2.28. The Hall–Kier alpha value is -0.370. The van der Waals surface area contributed by atoms with Gasteiger partial charge in [-0.15, -0.1) is 10.2 Å². The second kappa shape index (κ2) is 7.28. The fourth-order valence-electron chi connectivity index (χ4n) is 1.46. The SMILES string of the molecule is CCNC(C)(CO)CCSc1nnc(N(C)C)s1. The minimum Gasteiger partial charge on any atom is -0.394 e. The number of nitrogens with one attached hydrogen (secondary N) is 1. The molecular formula is C11H22N4OS2. The van der Waals surface area contributed by atoms with Crippen LogP contribution >= 0.6 is 23.1 Å². The summed E-state index contributed by atoms with van der Waals surface area (Å²) >= 11 is 3.29. The van der Waals surface area contributed by atoms with Crippen molar-refractivity contribution >= 4 is 28.2 Å². The van der Waals surface area contributed by atoms with E-state index >= 15 is 0 Å². The molecule has 7 heteroatoms. The van der Waals surface area contributed by atoms with Crippen LogP contribution < -0.4 is 10.2 Å². The zero-order valence-corrected chi connectivity index (χ0v) is 13.1. The molecule has 0 aliphatic carbocycles. The molecule has 1 heterocycles. The molecule has 0 saturated carbocycles. The largest absolute Gasteiger partial charge is 0.394 e. The molecule has 1 aromatic rings. The number of thioether (sulfide) groups is 1. The van der Waals surface area contributed by atoms with Crippen molar-refractivity contribution in [2.75, 3.05) is 37.9 Å². The fraction of sp³-hybridized carbons (Fsp3) is 0.818. The van der Waals surface area contributed by atoms with Crippen molar-refractivity contribution in [2.24, 2.45) is 0 Å². The van der Waals surface area contributed by atoms with Gasteiger partial charge in [0.25, 0.3) is 0 Å². The monoisotopic (exact) mass is 290 g/mol. The van der Waals surface area contributed by atoms with Crippen molar-refractivity contribution in [2.45, 2.75) is 30.1 Å². The maximum absolute atomic E-state index is 9.39. The van der Waals surface area contributed by atoms with E-state index in [1.807, 2.05) is 25.9 Å². The number of rotatable bonds is 8. The molecule has 0 spiro atoms. The molecule has 5 nitrogen and oxygen atoms in total. The molecule has 0 radical (unpaired) electrons. The van der Waals surface area contributed by atoms with Gasteiger partial charge in [-0.25, -0.2) is 0 Å². The molecule has 0 aliphatic rings. The molecule has 0 fully saturated rings. The van der Waals surface area contributed by atoms with Crippen molar-refractivity contribution < 1.29 is 5.11 Å². The number of aliphatic hydroxyl groups excluding tert-OH is 1. The Kier molecular flexibility index (Phi) is 6.34.